The van der Waals surface area contributed by atoms with Crippen molar-refractivity contribution in [1.82, 2.24) is 20.9 Å². The number of hydrogen-bond donors (Lipinski definition) is 4. The van der Waals surface area contributed by atoms with Gasteiger partial charge in [-0.05, 0) is 115 Å². The molecule has 308 valence electrons. The van der Waals surface area contributed by atoms with Crippen molar-refractivity contribution in [2.45, 2.75) is 101 Å². The molecule has 3 unspecified atom stereocenters. The van der Waals surface area contributed by atoms with Gasteiger partial charge in [0.25, 0.3) is 0 Å². The number of likely N-dealkylation sites (tertiary alicyclic amines) is 1. The summed E-state index contributed by atoms with van der Waals surface area (Å²) in [6, 6.07) is 35.1. The van der Waals surface area contributed by atoms with E-state index in [0.717, 1.165) is 109 Å². The van der Waals surface area contributed by atoms with Crippen LogP contribution in [0.4, 0.5) is 10.5 Å². The average molecular weight is 796 g/mol. The van der Waals surface area contributed by atoms with Crippen LogP contribution in [0.1, 0.15) is 92.4 Å². The molecule has 10 nitrogen and oxygen atoms in total. The number of urea groups is 1. The van der Waals surface area contributed by atoms with Crippen molar-refractivity contribution in [3.8, 4) is 11.1 Å². The highest BCUT2D eigenvalue weighted by Crippen LogP contribution is 2.55. The van der Waals surface area contributed by atoms with Crippen LogP contribution in [0.3, 0.4) is 0 Å². The van der Waals surface area contributed by atoms with Gasteiger partial charge in [0.05, 0.1) is 25.5 Å². The molecule has 4 aromatic rings. The van der Waals surface area contributed by atoms with Gasteiger partial charge in [0.15, 0.2) is 6.29 Å². The summed E-state index contributed by atoms with van der Waals surface area (Å²) in [4.78, 5) is 31.2. The fourth-order valence-corrected chi connectivity index (χ4v) is 11.9. The van der Waals surface area contributed by atoms with Gasteiger partial charge < -0.3 is 40.3 Å². The lowest BCUT2D eigenvalue weighted by molar-refractivity contribution is -0.253. The van der Waals surface area contributed by atoms with Crippen LogP contribution < -0.4 is 20.9 Å². The van der Waals surface area contributed by atoms with Gasteiger partial charge in [-0.2, -0.15) is 0 Å². The third kappa shape index (κ3) is 7.88. The molecule has 1 spiro atoms. The minimum Gasteiger partial charge on any atom is -0.392 e. The number of rotatable bonds is 10. The van der Waals surface area contributed by atoms with E-state index in [0.29, 0.717) is 19.6 Å². The summed E-state index contributed by atoms with van der Waals surface area (Å²) in [5.41, 5.74) is 6.66. The van der Waals surface area contributed by atoms with Gasteiger partial charge in [-0.3, -0.25) is 4.79 Å². The summed E-state index contributed by atoms with van der Waals surface area (Å²) in [5.74, 6) is 2.49. The van der Waals surface area contributed by atoms with Crippen LogP contribution in [-0.2, 0) is 27.4 Å². The van der Waals surface area contributed by atoms with E-state index in [-0.39, 0.29) is 36.3 Å². The van der Waals surface area contributed by atoms with E-state index in [1.807, 2.05) is 30.3 Å². The summed E-state index contributed by atoms with van der Waals surface area (Å²) in [7, 11) is 0. The van der Waals surface area contributed by atoms with Crippen LogP contribution in [0.2, 0.25) is 0 Å². The van der Waals surface area contributed by atoms with E-state index in [4.69, 9.17) is 9.47 Å². The Balaban J connectivity index is 0.798. The maximum absolute atomic E-state index is 13.3. The van der Waals surface area contributed by atoms with Gasteiger partial charge in [0.2, 0.25) is 5.91 Å². The van der Waals surface area contributed by atoms with Crippen LogP contribution in [0.15, 0.2) is 103 Å². The summed E-state index contributed by atoms with van der Waals surface area (Å²) in [5, 5.41) is 19.4. The molecule has 0 aromatic heterocycles. The van der Waals surface area contributed by atoms with Crippen molar-refractivity contribution in [3.05, 3.63) is 125 Å². The number of nitrogens with one attached hydrogen (secondary N) is 3. The molecule has 3 atom stereocenters. The van der Waals surface area contributed by atoms with E-state index in [9.17, 15) is 14.7 Å². The first-order chi connectivity index (χ1) is 28.8. The van der Waals surface area contributed by atoms with E-state index >= 15 is 0 Å². The number of carbonyl (C=O) groups excluding carboxylic acids is 2. The molecule has 4 saturated carbocycles. The van der Waals surface area contributed by atoms with Crippen molar-refractivity contribution in [3.63, 3.8) is 0 Å². The number of nitrogens with zero attached hydrogens (tertiary/aromatic N) is 2. The van der Waals surface area contributed by atoms with Gasteiger partial charge in [0, 0.05) is 49.4 Å². The van der Waals surface area contributed by atoms with Crippen molar-refractivity contribution in [2.24, 2.45) is 17.8 Å². The summed E-state index contributed by atoms with van der Waals surface area (Å²) in [6.07, 6.45) is 8.88. The van der Waals surface area contributed by atoms with Crippen LogP contribution >= 0.6 is 0 Å². The van der Waals surface area contributed by atoms with Crippen LogP contribution in [0.25, 0.3) is 11.1 Å². The highest BCUT2D eigenvalue weighted by Gasteiger charge is 2.52. The fraction of sp³-hybridized carbons (Fsp3) is 0.469. The predicted molar refractivity (Wildman–Crippen MR) is 227 cm³/mol. The minimum absolute atomic E-state index is 0.000881. The third-order valence-corrected chi connectivity index (χ3v) is 14.5. The number of aliphatic hydroxyl groups is 1. The first-order valence-electron chi connectivity index (χ1n) is 21.9. The molecule has 59 heavy (non-hydrogen) atoms. The van der Waals surface area contributed by atoms with Crippen LogP contribution in [0.5, 0.6) is 0 Å². The lowest BCUT2D eigenvalue weighted by atomic mass is 9.53. The second-order valence-electron chi connectivity index (χ2n) is 18.4. The topological polar surface area (TPSA) is 115 Å². The molecule has 7 aliphatic rings. The quantitative estimate of drug-likeness (QED) is 0.131. The molecule has 4 aromatic carbocycles. The van der Waals surface area contributed by atoms with Crippen LogP contribution in [-0.4, -0.2) is 65.4 Å². The molecule has 3 saturated heterocycles. The van der Waals surface area contributed by atoms with Gasteiger partial charge in [-0.15, -0.1) is 0 Å². The maximum Gasteiger partial charge on any atom is 0.315 e. The molecule has 3 heterocycles. The second-order valence-corrected chi connectivity index (χ2v) is 18.4. The third-order valence-electron chi connectivity index (χ3n) is 14.5. The Labute approximate surface area is 347 Å². The zero-order chi connectivity index (χ0) is 40.0. The molecule has 3 amide bonds. The van der Waals surface area contributed by atoms with E-state index in [2.05, 4.69) is 98.5 Å². The number of anilines is 1. The van der Waals surface area contributed by atoms with Gasteiger partial charge in [-0.1, -0.05) is 84.9 Å². The number of amides is 3. The van der Waals surface area contributed by atoms with Gasteiger partial charge in [-0.25, -0.2) is 4.79 Å². The van der Waals surface area contributed by atoms with E-state index < -0.39 is 11.8 Å². The first kappa shape index (κ1) is 38.5. The highest BCUT2D eigenvalue weighted by molar-refractivity contribution is 5.93. The summed E-state index contributed by atoms with van der Waals surface area (Å²) >= 11 is 0. The van der Waals surface area contributed by atoms with Crippen molar-refractivity contribution < 1.29 is 24.2 Å². The molecule has 3 aliphatic heterocycles. The first-order valence-corrected chi connectivity index (χ1v) is 21.9. The van der Waals surface area contributed by atoms with Crippen LogP contribution in [0, 0.1) is 17.8 Å². The van der Waals surface area contributed by atoms with Gasteiger partial charge >= 0.3 is 6.03 Å². The molecule has 4 N–H and O–H groups in total. The number of piperidine rings is 1. The Kier molecular flexibility index (Phi) is 10.4. The summed E-state index contributed by atoms with van der Waals surface area (Å²) in [6.45, 7) is 3.35. The molecular weight excluding hydrogens is 739 g/mol. The average Bonchev–Trinajstić information content (AvgIpc) is 3.57. The Hall–Kier alpha value is -4.74. The monoisotopic (exact) mass is 795 g/mol. The highest BCUT2D eigenvalue weighted by atomic mass is 16.7. The molecule has 7 fully saturated rings. The SMILES string of the molecule is O=C(NCc1cccc(-c2ccc(C3OC(CN4CCC5(CC4)C(=O)NCN5c4ccccc4)CC(c4ccc(CO)cc4)O3)cc2)c1)NC12CC3CC(CC(C3)C1)C2. The Morgan fingerprint density at radius 1 is 0.763 bits per heavy atom. The Morgan fingerprint density at radius 3 is 2.15 bits per heavy atom. The van der Waals surface area contributed by atoms with Gasteiger partial charge in [0.1, 0.15) is 5.54 Å². The standard InChI is InChI=1S/C49H57N5O5/c55-31-33-9-11-39(12-10-33)44-25-43(30-53-19-17-49(18-20-53)46(56)51-32-54(49)42-7-2-1-3-8-42)58-45(59-44)40-15-13-38(14-16-40)41-6-4-5-34(24-41)29-50-47(57)52-48-26-35-21-36(27-48)23-37(22-35)28-48/h1-16,24,35-37,43-45,55H,17-23,25-32H2,(H,51,56)(H2,50,52,57). The molecule has 4 bridgehead atoms. The molecule has 10 heteroatoms. The number of carbonyl (C=O) groups is 2. The molecule has 4 aliphatic carbocycles. The minimum atomic E-state index is -0.557. The number of benzene rings is 4. The fourth-order valence-electron chi connectivity index (χ4n) is 11.9. The molecule has 11 rings (SSSR count). The van der Waals surface area contributed by atoms with Crippen molar-refractivity contribution in [1.29, 1.82) is 0 Å². The number of para-hydroxylation sites is 1. The van der Waals surface area contributed by atoms with Crippen molar-refractivity contribution >= 4 is 17.6 Å². The Morgan fingerprint density at radius 2 is 1.46 bits per heavy atom. The van der Waals surface area contributed by atoms with Crippen molar-refractivity contribution in [2.75, 3.05) is 31.2 Å². The smallest absolute Gasteiger partial charge is 0.315 e. The predicted octanol–water partition coefficient (Wildman–Crippen LogP) is 7.59. The normalized spacial score (nSPS) is 29.7. The number of hydrogen-bond acceptors (Lipinski definition) is 7. The second kappa shape index (κ2) is 16.0. The number of aliphatic hydroxyl groups excluding tert-OH is 1. The largest absolute Gasteiger partial charge is 0.392 e. The number of ether oxygens (including phenoxy) is 2. The molecule has 0 radical (unpaired) electrons. The van der Waals surface area contributed by atoms with E-state index in [1.54, 1.807) is 0 Å². The zero-order valence-corrected chi connectivity index (χ0v) is 33.9. The van der Waals surface area contributed by atoms with E-state index in [1.165, 1.54) is 19.3 Å². The Bertz CT molecular complexity index is 2080. The lowest BCUT2D eigenvalue weighted by Gasteiger charge is -2.56. The lowest BCUT2D eigenvalue weighted by Crippen LogP contribution is -2.61. The zero-order valence-electron chi connectivity index (χ0n) is 33.9. The maximum atomic E-state index is 13.3. The summed E-state index contributed by atoms with van der Waals surface area (Å²) < 4.78 is 13.5. The molecular formula is C49H57N5O5.